The number of quaternary nitrogens is 1. The maximum absolute atomic E-state index is 12.3. The van der Waals surface area contributed by atoms with E-state index >= 15 is 0 Å². The van der Waals surface area contributed by atoms with Crippen molar-refractivity contribution < 1.29 is 14.5 Å². The van der Waals surface area contributed by atoms with Crippen LogP contribution in [0.5, 0.6) is 0 Å². The molecule has 1 unspecified atom stereocenters. The monoisotopic (exact) mass is 328 g/mol. The summed E-state index contributed by atoms with van der Waals surface area (Å²) in [6, 6.07) is 14.0. The normalized spacial score (nSPS) is 12.2. The summed E-state index contributed by atoms with van der Waals surface area (Å²) in [6.45, 7) is 7.12. The SMILES string of the molecule is CC[NH+](CC(=O)Nc1ccc2ccccc2c1)CC(=O)NC(C)C. The molecule has 0 aromatic heterocycles. The smallest absolute Gasteiger partial charge is 0.279 e. The van der Waals surface area contributed by atoms with Crippen molar-refractivity contribution >= 4 is 28.3 Å². The van der Waals surface area contributed by atoms with Gasteiger partial charge >= 0.3 is 0 Å². The van der Waals surface area contributed by atoms with E-state index in [0.29, 0.717) is 6.54 Å². The van der Waals surface area contributed by atoms with E-state index in [9.17, 15) is 9.59 Å². The standard InChI is InChI=1S/C19H25N3O2/c1-4-22(12-18(23)20-14(2)3)13-19(24)21-17-10-9-15-7-5-6-8-16(15)11-17/h5-11,14H,4,12-13H2,1-3H3,(H,20,23)(H,21,24)/p+1. The van der Waals surface area contributed by atoms with E-state index in [1.165, 1.54) is 0 Å². The zero-order valence-corrected chi connectivity index (χ0v) is 14.6. The molecule has 1 atom stereocenters. The first-order chi connectivity index (χ1) is 11.5. The summed E-state index contributed by atoms with van der Waals surface area (Å²) < 4.78 is 0. The molecule has 0 saturated heterocycles. The molecule has 24 heavy (non-hydrogen) atoms. The van der Waals surface area contributed by atoms with Gasteiger partial charge in [-0.3, -0.25) is 9.59 Å². The van der Waals surface area contributed by atoms with Gasteiger partial charge in [-0.1, -0.05) is 30.3 Å². The second kappa shape index (κ2) is 8.45. The highest BCUT2D eigenvalue weighted by Crippen LogP contribution is 2.18. The molecule has 2 aromatic rings. The van der Waals surface area contributed by atoms with Crippen LogP contribution < -0.4 is 15.5 Å². The minimum absolute atomic E-state index is 0.0274. The lowest BCUT2D eigenvalue weighted by Gasteiger charge is -2.18. The lowest BCUT2D eigenvalue weighted by Crippen LogP contribution is -3.14. The minimum atomic E-state index is -0.0838. The molecule has 0 radical (unpaired) electrons. The van der Waals surface area contributed by atoms with Crippen molar-refractivity contribution in [2.24, 2.45) is 0 Å². The largest absolute Gasteiger partial charge is 0.349 e. The van der Waals surface area contributed by atoms with Crippen LogP contribution in [0.4, 0.5) is 5.69 Å². The second-order valence-corrected chi connectivity index (χ2v) is 6.29. The summed E-state index contributed by atoms with van der Waals surface area (Å²) >= 11 is 0. The molecule has 0 bridgehead atoms. The molecule has 0 spiro atoms. The average Bonchev–Trinajstić information content (AvgIpc) is 2.53. The van der Waals surface area contributed by atoms with Crippen LogP contribution in [0.25, 0.3) is 10.8 Å². The fraction of sp³-hybridized carbons (Fsp3) is 0.368. The zero-order chi connectivity index (χ0) is 17.5. The van der Waals surface area contributed by atoms with Crippen molar-refractivity contribution in [3.63, 3.8) is 0 Å². The molecule has 0 aliphatic rings. The van der Waals surface area contributed by atoms with E-state index in [0.717, 1.165) is 27.9 Å². The quantitative estimate of drug-likeness (QED) is 0.715. The van der Waals surface area contributed by atoms with Gasteiger partial charge in [0, 0.05) is 11.7 Å². The number of carbonyl (C=O) groups excluding carboxylic acids is 2. The number of benzene rings is 2. The molecule has 0 heterocycles. The van der Waals surface area contributed by atoms with Crippen LogP contribution >= 0.6 is 0 Å². The fourth-order valence-electron chi connectivity index (χ4n) is 2.61. The predicted octanol–water partition coefficient (Wildman–Crippen LogP) is 1.21. The van der Waals surface area contributed by atoms with Gasteiger partial charge in [-0.05, 0) is 43.7 Å². The Bertz CT molecular complexity index is 713. The maximum Gasteiger partial charge on any atom is 0.279 e. The van der Waals surface area contributed by atoms with Crippen molar-refractivity contribution in [1.82, 2.24) is 5.32 Å². The van der Waals surface area contributed by atoms with Crippen molar-refractivity contribution in [1.29, 1.82) is 0 Å². The van der Waals surface area contributed by atoms with Gasteiger partial charge in [0.1, 0.15) is 0 Å². The van der Waals surface area contributed by atoms with Gasteiger partial charge in [0.15, 0.2) is 13.1 Å². The van der Waals surface area contributed by atoms with E-state index in [2.05, 4.69) is 10.6 Å². The fourth-order valence-corrected chi connectivity index (χ4v) is 2.61. The number of amides is 2. The Morgan fingerprint density at radius 1 is 1.00 bits per heavy atom. The first kappa shape index (κ1) is 17.9. The van der Waals surface area contributed by atoms with Crippen LogP contribution in [0.3, 0.4) is 0 Å². The van der Waals surface area contributed by atoms with Crippen LogP contribution in [-0.2, 0) is 9.59 Å². The maximum atomic E-state index is 12.3. The molecule has 2 amide bonds. The summed E-state index contributed by atoms with van der Waals surface area (Å²) in [5.41, 5.74) is 0.779. The summed E-state index contributed by atoms with van der Waals surface area (Å²) in [4.78, 5) is 25.0. The van der Waals surface area contributed by atoms with Gasteiger partial charge in [0.2, 0.25) is 0 Å². The summed E-state index contributed by atoms with van der Waals surface area (Å²) in [6.07, 6.45) is 0. The van der Waals surface area contributed by atoms with Gasteiger partial charge < -0.3 is 15.5 Å². The molecule has 2 aromatic carbocycles. The zero-order valence-electron chi connectivity index (χ0n) is 14.6. The number of rotatable bonds is 7. The molecule has 2 rings (SSSR count). The van der Waals surface area contributed by atoms with Crippen LogP contribution in [0.2, 0.25) is 0 Å². The van der Waals surface area contributed by atoms with E-state index < -0.39 is 0 Å². The average molecular weight is 328 g/mol. The second-order valence-electron chi connectivity index (χ2n) is 6.29. The molecule has 3 N–H and O–H groups in total. The number of likely N-dealkylation sites (N-methyl/N-ethyl adjacent to an activating group) is 1. The van der Waals surface area contributed by atoms with Crippen molar-refractivity contribution in [3.8, 4) is 0 Å². The van der Waals surface area contributed by atoms with Crippen molar-refractivity contribution in [3.05, 3.63) is 42.5 Å². The third-order valence-corrected chi connectivity index (χ3v) is 3.80. The van der Waals surface area contributed by atoms with E-state index in [1.54, 1.807) is 0 Å². The summed E-state index contributed by atoms with van der Waals surface area (Å²) in [7, 11) is 0. The van der Waals surface area contributed by atoms with E-state index in [4.69, 9.17) is 0 Å². The number of anilines is 1. The highest BCUT2D eigenvalue weighted by Gasteiger charge is 2.17. The van der Waals surface area contributed by atoms with E-state index in [-0.39, 0.29) is 24.4 Å². The van der Waals surface area contributed by atoms with Crippen LogP contribution in [-0.4, -0.2) is 37.5 Å². The van der Waals surface area contributed by atoms with Crippen LogP contribution in [0, 0.1) is 0 Å². The number of nitrogens with one attached hydrogen (secondary N) is 3. The van der Waals surface area contributed by atoms with Gasteiger partial charge in [-0.25, -0.2) is 0 Å². The number of hydrogen-bond donors (Lipinski definition) is 3. The predicted molar refractivity (Wildman–Crippen MR) is 97.1 cm³/mol. The Balaban J connectivity index is 1.93. The Kier molecular flexibility index (Phi) is 6.32. The van der Waals surface area contributed by atoms with E-state index in [1.807, 2.05) is 63.2 Å². The molecule has 0 saturated carbocycles. The first-order valence-corrected chi connectivity index (χ1v) is 8.39. The molecule has 5 nitrogen and oxygen atoms in total. The summed E-state index contributed by atoms with van der Waals surface area (Å²) in [5, 5.41) is 8.01. The molecule has 5 heteroatoms. The highest BCUT2D eigenvalue weighted by molar-refractivity contribution is 5.95. The Morgan fingerprint density at radius 2 is 1.67 bits per heavy atom. The Hall–Kier alpha value is -2.40. The number of fused-ring (bicyclic) bond motifs is 1. The van der Waals surface area contributed by atoms with Crippen LogP contribution in [0.15, 0.2) is 42.5 Å². The third kappa shape index (κ3) is 5.35. The van der Waals surface area contributed by atoms with Gasteiger partial charge in [0.25, 0.3) is 11.8 Å². The molecule has 0 aliphatic heterocycles. The van der Waals surface area contributed by atoms with Crippen LogP contribution in [0.1, 0.15) is 20.8 Å². The number of carbonyl (C=O) groups is 2. The molecular weight excluding hydrogens is 302 g/mol. The first-order valence-electron chi connectivity index (χ1n) is 8.39. The Morgan fingerprint density at radius 3 is 2.33 bits per heavy atom. The van der Waals surface area contributed by atoms with Crippen molar-refractivity contribution in [2.75, 3.05) is 25.0 Å². The highest BCUT2D eigenvalue weighted by atomic mass is 16.2. The Labute approximate surface area is 143 Å². The molecule has 128 valence electrons. The van der Waals surface area contributed by atoms with Gasteiger partial charge in [-0.2, -0.15) is 0 Å². The lowest BCUT2D eigenvalue weighted by atomic mass is 10.1. The van der Waals surface area contributed by atoms with Gasteiger partial charge in [-0.15, -0.1) is 0 Å². The summed E-state index contributed by atoms with van der Waals surface area (Å²) in [5.74, 6) is -0.111. The molecular formula is C19H26N3O2+. The molecule has 0 aliphatic carbocycles. The number of hydrogen-bond acceptors (Lipinski definition) is 2. The molecule has 0 fully saturated rings. The minimum Gasteiger partial charge on any atom is -0.349 e. The topological polar surface area (TPSA) is 62.6 Å². The van der Waals surface area contributed by atoms with Gasteiger partial charge in [0.05, 0.1) is 6.54 Å². The third-order valence-electron chi connectivity index (χ3n) is 3.80. The van der Waals surface area contributed by atoms with Crippen molar-refractivity contribution in [2.45, 2.75) is 26.8 Å². The lowest BCUT2D eigenvalue weighted by molar-refractivity contribution is -0.881.